The molecule has 0 unspecified atom stereocenters. The predicted molar refractivity (Wildman–Crippen MR) is 48.1 cm³/mol. The molecule has 0 aromatic heterocycles. The van der Waals surface area contributed by atoms with Gasteiger partial charge in [0.05, 0.1) is 0 Å². The van der Waals surface area contributed by atoms with Crippen LogP contribution in [0.25, 0.3) is 0 Å². The summed E-state index contributed by atoms with van der Waals surface area (Å²) in [7, 11) is 0. The molecule has 6 heteroatoms. The van der Waals surface area contributed by atoms with Crippen LogP contribution in [0.2, 0.25) is 0 Å². The summed E-state index contributed by atoms with van der Waals surface area (Å²) in [5.74, 6) is 0. The van der Waals surface area contributed by atoms with Crippen LogP contribution < -0.4 is 0 Å². The van der Waals surface area contributed by atoms with Gasteiger partial charge in [-0.1, -0.05) is 0 Å². The van der Waals surface area contributed by atoms with E-state index in [4.69, 9.17) is 18.6 Å². The zero-order valence-electron chi connectivity index (χ0n) is 9.34. The first-order valence-electron chi connectivity index (χ1n) is 3.32. The first-order chi connectivity index (χ1) is 9.00. The van der Waals surface area contributed by atoms with E-state index in [1.165, 1.54) is 0 Å². The first-order valence-corrected chi connectivity index (χ1v) is 3.32. The van der Waals surface area contributed by atoms with Gasteiger partial charge in [-0.3, -0.25) is 0 Å². The maximum atomic E-state index is 7.50. The Balaban J connectivity index is -0.0000000311. The number of rotatable bonds is 0. The zero-order valence-corrected chi connectivity index (χ0v) is 12.8. The van der Waals surface area contributed by atoms with Crippen LogP contribution in [0, 0.1) is 90.8 Å². The molecule has 0 bridgehead atoms. The Morgan fingerprint density at radius 3 is 0.400 bits per heavy atom. The summed E-state index contributed by atoms with van der Waals surface area (Å²) in [6, 6.07) is 0. The third-order valence-corrected chi connectivity index (χ3v) is 0.625. The summed E-state index contributed by atoms with van der Waals surface area (Å²) in [6.07, 6.45) is 25.0. The molecule has 0 saturated heterocycles. The van der Waals surface area contributed by atoms with Crippen molar-refractivity contribution in [2.45, 2.75) is 0 Å². The van der Waals surface area contributed by atoms with Crippen LogP contribution in [0.1, 0.15) is 0 Å². The average molecular weight is 434 g/mol. The molecule has 2 aliphatic rings. The van der Waals surface area contributed by atoms with E-state index in [0.29, 0.717) is 0 Å². The second-order valence-electron chi connectivity index (χ2n) is 1.25. The molecule has 2 aliphatic carbocycles. The average Bonchev–Trinajstić information content (AvgIpc) is 3.25. The molecule has 0 aromatic rings. The molecule has 0 amide bonds. The minimum Gasteiger partial charge on any atom is 0 e. The Labute approximate surface area is 148 Å². The van der Waals surface area contributed by atoms with Crippen molar-refractivity contribution >= 4 is 0 Å². The minimum absolute atomic E-state index is 0. The van der Waals surface area contributed by atoms with Gasteiger partial charge in [0, 0.05) is 103 Å². The smallest absolute Gasteiger partial charge is 0 e. The summed E-state index contributed by atoms with van der Waals surface area (Å²) >= 11 is 0. The van der Waals surface area contributed by atoms with E-state index in [1.807, 2.05) is 0 Å². The van der Waals surface area contributed by atoms with Gasteiger partial charge in [-0.25, -0.2) is 0 Å². The van der Waals surface area contributed by atoms with Crippen molar-refractivity contribution in [1.82, 2.24) is 0 Å². The maximum absolute atomic E-state index is 7.50. The Morgan fingerprint density at radius 2 is 0.350 bits per heavy atom. The zero-order chi connectivity index (χ0) is 15.1. The van der Waals surface area contributed by atoms with Gasteiger partial charge in [0.25, 0.3) is 0 Å². The number of hydrogen-bond acceptors (Lipinski definition) is 0. The molecule has 2 saturated carbocycles. The SMILES string of the molecule is [C-]#[O+].[C-]#[O+].[C-]#[O+].[C-]#[O+].[C]1[C][C][C][C]1.[C]1[C][C][C][C]1.[Ru].[Ru]. The van der Waals surface area contributed by atoms with Crippen molar-refractivity contribution in [2.24, 2.45) is 0 Å². The van der Waals surface area contributed by atoms with Crippen molar-refractivity contribution in [3.63, 3.8) is 0 Å². The molecule has 20 heavy (non-hydrogen) atoms. The predicted octanol–water partition coefficient (Wildman–Crippen LogP) is 0.658. The van der Waals surface area contributed by atoms with Gasteiger partial charge in [-0.05, 0) is 0 Å². The molecular weight excluding hydrogens is 434 g/mol. The van der Waals surface area contributed by atoms with Crippen LogP contribution in [0.3, 0.4) is 0 Å². The quantitative estimate of drug-likeness (QED) is 0.305. The summed E-state index contributed by atoms with van der Waals surface area (Å²) in [5, 5.41) is 0. The van der Waals surface area contributed by atoms with Gasteiger partial charge in [0.15, 0.2) is 0 Å². The second-order valence-corrected chi connectivity index (χ2v) is 1.25. The number of hydrogen-bond donors (Lipinski definition) is 0. The van der Waals surface area contributed by atoms with Crippen LogP contribution >= 0.6 is 0 Å². The van der Waals surface area contributed by atoms with Crippen LogP contribution in [0.5, 0.6) is 0 Å². The summed E-state index contributed by atoms with van der Waals surface area (Å²) in [6.45, 7) is 18.0. The Bertz CT molecular complexity index is 143. The molecule has 0 aliphatic heterocycles. The Hall–Kier alpha value is 0.207. The monoisotopic (exact) mass is 436 g/mol. The van der Waals surface area contributed by atoms with Gasteiger partial charge in [-0.2, -0.15) is 0 Å². The van der Waals surface area contributed by atoms with Crippen molar-refractivity contribution in [1.29, 1.82) is 0 Å². The van der Waals surface area contributed by atoms with Crippen LogP contribution in [0.15, 0.2) is 0 Å². The molecule has 0 aromatic carbocycles. The fourth-order valence-electron chi connectivity index (χ4n) is 0.312. The largest absolute Gasteiger partial charge is 0 e. The fourth-order valence-corrected chi connectivity index (χ4v) is 0.312. The van der Waals surface area contributed by atoms with Gasteiger partial charge < -0.3 is 0 Å². The van der Waals surface area contributed by atoms with Gasteiger partial charge in [-0.15, -0.1) is 0 Å². The Morgan fingerprint density at radius 1 is 0.300 bits per heavy atom. The van der Waals surface area contributed by atoms with Gasteiger partial charge in [0.2, 0.25) is 0 Å². The topological polar surface area (TPSA) is 79.6 Å². The summed E-state index contributed by atoms with van der Waals surface area (Å²) < 4.78 is 30.0. The van der Waals surface area contributed by atoms with Crippen LogP contribution in [-0.4, -0.2) is 0 Å². The van der Waals surface area contributed by atoms with Crippen molar-refractivity contribution in [2.75, 3.05) is 0 Å². The van der Waals surface area contributed by atoms with Crippen molar-refractivity contribution in [3.05, 3.63) is 90.8 Å². The van der Waals surface area contributed by atoms with Crippen molar-refractivity contribution < 1.29 is 57.6 Å². The minimum atomic E-state index is 0. The molecule has 0 N–H and O–H groups in total. The third-order valence-electron chi connectivity index (χ3n) is 0.625. The first kappa shape index (κ1) is 36.9. The van der Waals surface area contributed by atoms with E-state index in [2.05, 4.69) is 90.8 Å². The molecule has 0 atom stereocenters. The van der Waals surface area contributed by atoms with Crippen LogP contribution in [0.4, 0.5) is 0 Å². The van der Waals surface area contributed by atoms with E-state index >= 15 is 0 Å². The van der Waals surface area contributed by atoms with Gasteiger partial charge >= 0.3 is 45.2 Å². The molecule has 0 spiro atoms. The van der Waals surface area contributed by atoms with Crippen molar-refractivity contribution in [3.8, 4) is 0 Å². The maximum Gasteiger partial charge on any atom is 0 e. The van der Waals surface area contributed by atoms with E-state index < -0.39 is 0 Å². The molecule has 2 rings (SSSR count). The molecule has 20 radical (unpaired) electrons. The second kappa shape index (κ2) is 61.1. The molecule has 96 valence electrons. The normalized spacial score (nSPS) is 12.4. The van der Waals surface area contributed by atoms with Crippen LogP contribution in [-0.2, 0) is 57.6 Å². The third kappa shape index (κ3) is 51.7. The molecule has 0 heterocycles. The van der Waals surface area contributed by atoms with E-state index in [9.17, 15) is 0 Å². The molecule has 2 fully saturated rings. The van der Waals surface area contributed by atoms with Gasteiger partial charge in [0.1, 0.15) is 0 Å². The summed E-state index contributed by atoms with van der Waals surface area (Å²) in [5.41, 5.74) is 0. The fraction of sp³-hybridized carbons (Fsp3) is 0. The Kier molecular flexibility index (Phi) is 113. The summed E-state index contributed by atoms with van der Waals surface area (Å²) in [4.78, 5) is 0. The molecule has 4 nitrogen and oxygen atoms in total. The van der Waals surface area contributed by atoms with E-state index in [0.717, 1.165) is 0 Å². The molecular formula is C14O4Ru2. The van der Waals surface area contributed by atoms with E-state index in [-0.39, 0.29) is 39.0 Å². The standard InChI is InChI=1S/2C5.4CO.2Ru/c2*1-2-4-5-3-1;4*1-2;;. The van der Waals surface area contributed by atoms with E-state index in [1.54, 1.807) is 0 Å².